The summed E-state index contributed by atoms with van der Waals surface area (Å²) in [6.45, 7) is 0. The number of carbonyl (C=O) groups is 1. The average molecular weight is 142 g/mol. The van der Waals surface area contributed by atoms with Crippen molar-refractivity contribution >= 4 is 5.91 Å². The molecular weight excluding hydrogens is 128 g/mol. The van der Waals surface area contributed by atoms with Crippen LogP contribution >= 0.6 is 0 Å². The molecule has 1 amide bonds. The van der Waals surface area contributed by atoms with Crippen LogP contribution in [-0.2, 0) is 4.79 Å². The highest BCUT2D eigenvalue weighted by Gasteiger charge is 2.30. The largest absolute Gasteiger partial charge is 0.370 e. The fraction of sp³-hybridized carbons (Fsp3) is 0.857. The zero-order chi connectivity index (χ0) is 7.56. The summed E-state index contributed by atoms with van der Waals surface area (Å²) >= 11 is 0. The van der Waals surface area contributed by atoms with Gasteiger partial charge in [-0.15, -0.1) is 0 Å². The molecule has 1 saturated carbocycles. The van der Waals surface area contributed by atoms with Crippen molar-refractivity contribution in [2.24, 2.45) is 11.7 Å². The molecule has 0 spiro atoms. The number of nitrogens with one attached hydrogen (secondary N) is 1. The maximum atomic E-state index is 10.5. The maximum Gasteiger partial charge on any atom is 0.218 e. The van der Waals surface area contributed by atoms with E-state index in [1.54, 1.807) is 0 Å². The van der Waals surface area contributed by atoms with Gasteiger partial charge in [0.05, 0.1) is 0 Å². The zero-order valence-corrected chi connectivity index (χ0v) is 6.26. The highest BCUT2D eigenvalue weighted by atomic mass is 16.1. The van der Waals surface area contributed by atoms with Crippen molar-refractivity contribution < 1.29 is 4.79 Å². The van der Waals surface area contributed by atoms with Crippen molar-refractivity contribution in [2.75, 3.05) is 7.05 Å². The van der Waals surface area contributed by atoms with Crippen molar-refractivity contribution in [3.8, 4) is 0 Å². The van der Waals surface area contributed by atoms with Crippen LogP contribution in [0.5, 0.6) is 0 Å². The van der Waals surface area contributed by atoms with Gasteiger partial charge in [0, 0.05) is 12.5 Å². The first-order valence-electron chi connectivity index (χ1n) is 3.69. The molecule has 0 aromatic carbocycles. The van der Waals surface area contributed by atoms with E-state index in [0.717, 1.165) is 0 Å². The summed E-state index contributed by atoms with van der Waals surface area (Å²) in [6.07, 6.45) is 2.98. The fourth-order valence-electron chi connectivity index (χ4n) is 1.22. The minimum atomic E-state index is -0.203. The Labute approximate surface area is 61.0 Å². The molecule has 0 bridgehead atoms. The van der Waals surface area contributed by atoms with Crippen LogP contribution in [0.25, 0.3) is 0 Å². The molecule has 1 unspecified atom stereocenters. The number of hydrogen-bond acceptors (Lipinski definition) is 2. The van der Waals surface area contributed by atoms with E-state index in [2.05, 4.69) is 5.32 Å². The van der Waals surface area contributed by atoms with E-state index in [-0.39, 0.29) is 5.91 Å². The van der Waals surface area contributed by atoms with Crippen molar-refractivity contribution in [3.05, 3.63) is 0 Å². The molecular formula is C7H14N2O. The normalized spacial score (nSPS) is 20.5. The molecule has 3 heteroatoms. The molecule has 1 aliphatic carbocycles. The van der Waals surface area contributed by atoms with Gasteiger partial charge < -0.3 is 11.1 Å². The van der Waals surface area contributed by atoms with Gasteiger partial charge >= 0.3 is 0 Å². The van der Waals surface area contributed by atoms with Crippen molar-refractivity contribution in [3.63, 3.8) is 0 Å². The average Bonchev–Trinajstić information content (AvgIpc) is 2.63. The van der Waals surface area contributed by atoms with Gasteiger partial charge in [0.2, 0.25) is 5.91 Å². The molecule has 0 aromatic rings. The summed E-state index contributed by atoms with van der Waals surface area (Å²) in [5.74, 6) is 0.503. The smallest absolute Gasteiger partial charge is 0.218 e. The number of amides is 1. The number of nitrogens with two attached hydrogens (primary N) is 1. The van der Waals surface area contributed by atoms with Gasteiger partial charge in [-0.2, -0.15) is 0 Å². The summed E-state index contributed by atoms with van der Waals surface area (Å²) in [6, 6.07) is 0.331. The van der Waals surface area contributed by atoms with E-state index >= 15 is 0 Å². The van der Waals surface area contributed by atoms with Crippen LogP contribution in [0.1, 0.15) is 19.3 Å². The lowest BCUT2D eigenvalue weighted by Crippen LogP contribution is -2.32. The SMILES string of the molecule is CNC(CC(N)=O)C1CC1. The van der Waals surface area contributed by atoms with Gasteiger partial charge in [-0.1, -0.05) is 0 Å². The molecule has 1 rings (SSSR count). The third kappa shape index (κ3) is 1.99. The first-order chi connectivity index (χ1) is 4.74. The van der Waals surface area contributed by atoms with E-state index in [1.165, 1.54) is 12.8 Å². The van der Waals surface area contributed by atoms with Crippen molar-refractivity contribution in [1.29, 1.82) is 0 Å². The van der Waals surface area contributed by atoms with Crippen LogP contribution in [0.2, 0.25) is 0 Å². The van der Waals surface area contributed by atoms with E-state index in [0.29, 0.717) is 18.4 Å². The number of rotatable bonds is 4. The molecule has 3 N–H and O–H groups in total. The first kappa shape index (κ1) is 7.54. The van der Waals surface area contributed by atoms with Gasteiger partial charge in [0.1, 0.15) is 0 Å². The third-order valence-corrected chi connectivity index (χ3v) is 1.98. The number of hydrogen-bond donors (Lipinski definition) is 2. The van der Waals surface area contributed by atoms with E-state index in [4.69, 9.17) is 5.73 Å². The van der Waals surface area contributed by atoms with Crippen molar-refractivity contribution in [1.82, 2.24) is 5.32 Å². The summed E-state index contributed by atoms with van der Waals surface area (Å²) in [5.41, 5.74) is 5.06. The molecule has 0 saturated heterocycles. The van der Waals surface area contributed by atoms with E-state index in [1.807, 2.05) is 7.05 Å². The number of primary amides is 1. The van der Waals surface area contributed by atoms with Gasteiger partial charge in [-0.05, 0) is 25.8 Å². The summed E-state index contributed by atoms with van der Waals surface area (Å²) in [4.78, 5) is 10.5. The zero-order valence-electron chi connectivity index (χ0n) is 6.26. The summed E-state index contributed by atoms with van der Waals surface area (Å²) in [5, 5.41) is 3.09. The Kier molecular flexibility index (Phi) is 2.27. The van der Waals surface area contributed by atoms with Gasteiger partial charge in [-0.3, -0.25) is 4.79 Å². The Hall–Kier alpha value is -0.570. The van der Waals surface area contributed by atoms with Crippen LogP contribution < -0.4 is 11.1 Å². The Balaban J connectivity index is 2.25. The first-order valence-corrected chi connectivity index (χ1v) is 3.69. The fourth-order valence-corrected chi connectivity index (χ4v) is 1.22. The number of carbonyl (C=O) groups excluding carboxylic acids is 1. The molecule has 3 nitrogen and oxygen atoms in total. The van der Waals surface area contributed by atoms with Crippen LogP contribution in [0.15, 0.2) is 0 Å². The van der Waals surface area contributed by atoms with Gasteiger partial charge in [0.15, 0.2) is 0 Å². The lowest BCUT2D eigenvalue weighted by atomic mass is 10.1. The third-order valence-electron chi connectivity index (χ3n) is 1.98. The van der Waals surface area contributed by atoms with Gasteiger partial charge in [-0.25, -0.2) is 0 Å². The second kappa shape index (κ2) is 3.01. The maximum absolute atomic E-state index is 10.5. The Morgan fingerprint density at radius 3 is 2.70 bits per heavy atom. The highest BCUT2D eigenvalue weighted by molar-refractivity contribution is 5.74. The second-order valence-electron chi connectivity index (χ2n) is 2.90. The minimum absolute atomic E-state index is 0.203. The van der Waals surface area contributed by atoms with Crippen molar-refractivity contribution in [2.45, 2.75) is 25.3 Å². The summed E-state index contributed by atoms with van der Waals surface area (Å²) in [7, 11) is 1.88. The van der Waals surface area contributed by atoms with Crippen LogP contribution in [0, 0.1) is 5.92 Å². The van der Waals surface area contributed by atoms with E-state index < -0.39 is 0 Å². The lowest BCUT2D eigenvalue weighted by molar-refractivity contribution is -0.118. The Bertz CT molecular complexity index is 132. The molecule has 58 valence electrons. The molecule has 10 heavy (non-hydrogen) atoms. The Morgan fingerprint density at radius 2 is 2.40 bits per heavy atom. The molecule has 0 aromatic heterocycles. The monoisotopic (exact) mass is 142 g/mol. The second-order valence-corrected chi connectivity index (χ2v) is 2.90. The lowest BCUT2D eigenvalue weighted by Gasteiger charge is -2.11. The molecule has 0 aliphatic heterocycles. The standard InChI is InChI=1S/C7H14N2O/c1-9-6(4-7(8)10)5-2-3-5/h5-6,9H,2-4H2,1H3,(H2,8,10). The molecule has 1 aliphatic rings. The Morgan fingerprint density at radius 1 is 1.80 bits per heavy atom. The minimum Gasteiger partial charge on any atom is -0.370 e. The predicted octanol–water partition coefficient (Wildman–Crippen LogP) is -0.140. The predicted molar refractivity (Wildman–Crippen MR) is 39.4 cm³/mol. The van der Waals surface area contributed by atoms with Gasteiger partial charge in [0.25, 0.3) is 0 Å². The van der Waals surface area contributed by atoms with E-state index in [9.17, 15) is 4.79 Å². The quantitative estimate of drug-likeness (QED) is 0.574. The molecule has 1 atom stereocenters. The molecule has 0 heterocycles. The van der Waals surface area contributed by atoms with Crippen LogP contribution in [-0.4, -0.2) is 19.0 Å². The topological polar surface area (TPSA) is 55.1 Å². The van der Waals surface area contributed by atoms with Crippen LogP contribution in [0.4, 0.5) is 0 Å². The summed E-state index contributed by atoms with van der Waals surface area (Å²) < 4.78 is 0. The molecule has 1 fully saturated rings. The highest BCUT2D eigenvalue weighted by Crippen LogP contribution is 2.33. The molecule has 0 radical (unpaired) electrons. The van der Waals surface area contributed by atoms with Crippen LogP contribution in [0.3, 0.4) is 0 Å².